The second-order valence-electron chi connectivity index (χ2n) is 1.37. The molecule has 0 saturated heterocycles. The summed E-state index contributed by atoms with van der Waals surface area (Å²) in [5.74, 6) is -1.02. The highest BCUT2D eigenvalue weighted by Gasteiger charge is 2.27. The maximum absolute atomic E-state index is 10.4. The Kier molecular flexibility index (Phi) is 3.71. The first-order valence-electron chi connectivity index (χ1n) is 2.53. The van der Waals surface area contributed by atoms with Gasteiger partial charge in [-0.15, -0.1) is 0 Å². The minimum absolute atomic E-state index is 0.0931. The van der Waals surface area contributed by atoms with E-state index in [-0.39, 0.29) is 6.61 Å². The molecular weight excluding hydrogens is 161 g/mol. The van der Waals surface area contributed by atoms with Crippen molar-refractivity contribution in [2.75, 3.05) is 6.61 Å². The fourth-order valence-corrected chi connectivity index (χ4v) is 0.360. The third-order valence-corrected chi connectivity index (χ3v) is 1.00. The minimum atomic E-state index is -1.78. The highest BCUT2D eigenvalue weighted by molar-refractivity contribution is 6.28. The van der Waals surface area contributed by atoms with E-state index in [0.717, 1.165) is 0 Å². The molecule has 0 aliphatic rings. The zero-order valence-electron chi connectivity index (χ0n) is 5.24. The van der Waals surface area contributed by atoms with Crippen LogP contribution in [-0.2, 0) is 9.53 Å². The molecule has 0 spiro atoms. The molecule has 0 aromatic rings. The van der Waals surface area contributed by atoms with E-state index in [2.05, 4.69) is 4.74 Å². The van der Waals surface area contributed by atoms with E-state index in [9.17, 15) is 14.9 Å². The zero-order valence-corrected chi connectivity index (χ0v) is 6.00. The summed E-state index contributed by atoms with van der Waals surface area (Å²) < 4.78 is 4.25. The van der Waals surface area contributed by atoms with Crippen molar-refractivity contribution in [1.29, 1.82) is 0 Å². The lowest BCUT2D eigenvalue weighted by atomic mass is 10.6. The molecule has 10 heavy (non-hydrogen) atoms. The van der Waals surface area contributed by atoms with Crippen molar-refractivity contribution in [3.63, 3.8) is 0 Å². The molecule has 5 nitrogen and oxygen atoms in total. The molecule has 6 heteroatoms. The van der Waals surface area contributed by atoms with Crippen LogP contribution in [0.25, 0.3) is 0 Å². The van der Waals surface area contributed by atoms with E-state index < -0.39 is 16.4 Å². The predicted molar refractivity (Wildman–Crippen MR) is 33.3 cm³/mol. The molecule has 0 radical (unpaired) electrons. The van der Waals surface area contributed by atoms with Crippen LogP contribution in [0.15, 0.2) is 0 Å². The topological polar surface area (TPSA) is 69.4 Å². The predicted octanol–water partition coefficient (Wildman–Crippen LogP) is 0.391. The van der Waals surface area contributed by atoms with E-state index in [0.29, 0.717) is 0 Å². The van der Waals surface area contributed by atoms with Crippen LogP contribution >= 0.6 is 11.6 Å². The first kappa shape index (κ1) is 9.16. The Bertz CT molecular complexity index is 148. The number of ether oxygens (including phenoxy) is 1. The number of hydrogen-bond donors (Lipinski definition) is 0. The number of rotatable bonds is 3. The summed E-state index contributed by atoms with van der Waals surface area (Å²) in [6, 6.07) is 0. The van der Waals surface area contributed by atoms with Gasteiger partial charge >= 0.3 is 11.5 Å². The summed E-state index contributed by atoms with van der Waals surface area (Å²) in [5, 5.41) is 9.79. The van der Waals surface area contributed by atoms with Gasteiger partial charge < -0.3 is 4.74 Å². The molecule has 0 bridgehead atoms. The molecule has 1 atom stereocenters. The molecule has 0 amide bonds. The third-order valence-electron chi connectivity index (χ3n) is 0.666. The van der Waals surface area contributed by atoms with Gasteiger partial charge in [0.15, 0.2) is 0 Å². The lowest BCUT2D eigenvalue weighted by molar-refractivity contribution is -0.487. The van der Waals surface area contributed by atoms with Gasteiger partial charge in [0.05, 0.1) is 11.5 Å². The van der Waals surface area contributed by atoms with Crippen molar-refractivity contribution in [1.82, 2.24) is 0 Å². The molecule has 1 unspecified atom stereocenters. The molecule has 58 valence electrons. The number of halogens is 1. The van der Waals surface area contributed by atoms with Crippen LogP contribution < -0.4 is 0 Å². The highest BCUT2D eigenvalue weighted by atomic mass is 35.5. The van der Waals surface area contributed by atoms with Gasteiger partial charge in [-0.05, 0) is 18.5 Å². The molecule has 0 aromatic carbocycles. The van der Waals surface area contributed by atoms with Gasteiger partial charge in [0.1, 0.15) is 0 Å². The smallest absolute Gasteiger partial charge is 0.398 e. The summed E-state index contributed by atoms with van der Waals surface area (Å²) >= 11 is 4.97. The first-order chi connectivity index (χ1) is 4.59. The molecule has 0 N–H and O–H groups in total. The fourth-order valence-electron chi connectivity index (χ4n) is 0.297. The van der Waals surface area contributed by atoms with Gasteiger partial charge in [-0.1, -0.05) is 0 Å². The van der Waals surface area contributed by atoms with E-state index in [1.165, 1.54) is 0 Å². The summed E-state index contributed by atoms with van der Waals surface area (Å²) in [4.78, 5) is 19.3. The fraction of sp³-hybridized carbons (Fsp3) is 0.750. The van der Waals surface area contributed by atoms with Crippen LogP contribution in [0.1, 0.15) is 6.92 Å². The molecule has 0 aromatic heterocycles. The normalized spacial score (nSPS) is 12.2. The summed E-state index contributed by atoms with van der Waals surface area (Å²) in [5.41, 5.74) is -1.78. The van der Waals surface area contributed by atoms with Gasteiger partial charge in [-0.3, -0.25) is 10.1 Å². The Morgan fingerprint density at radius 2 is 2.40 bits per heavy atom. The average Bonchev–Trinajstić information content (AvgIpc) is 1.87. The zero-order chi connectivity index (χ0) is 8.15. The number of nitro groups is 1. The Morgan fingerprint density at radius 1 is 1.90 bits per heavy atom. The van der Waals surface area contributed by atoms with Gasteiger partial charge in [0.25, 0.3) is 0 Å². The maximum Gasteiger partial charge on any atom is 0.398 e. The van der Waals surface area contributed by atoms with Crippen LogP contribution in [-0.4, -0.2) is 23.0 Å². The number of nitrogens with zero attached hydrogens (tertiary/aromatic N) is 1. The van der Waals surface area contributed by atoms with Crippen LogP contribution in [0, 0.1) is 10.1 Å². The van der Waals surface area contributed by atoms with E-state index in [1.807, 2.05) is 0 Å². The Labute approximate surface area is 62.1 Å². The van der Waals surface area contributed by atoms with Crippen molar-refractivity contribution in [2.24, 2.45) is 0 Å². The van der Waals surface area contributed by atoms with Gasteiger partial charge in [0, 0.05) is 0 Å². The Balaban J connectivity index is 3.82. The van der Waals surface area contributed by atoms with E-state index in [1.54, 1.807) is 6.92 Å². The van der Waals surface area contributed by atoms with Gasteiger partial charge in [0.2, 0.25) is 0 Å². The molecule has 0 aliphatic carbocycles. The Morgan fingerprint density at radius 3 is 2.70 bits per heavy atom. The van der Waals surface area contributed by atoms with E-state index in [4.69, 9.17) is 11.6 Å². The molecule has 0 rings (SSSR count). The van der Waals surface area contributed by atoms with Crippen molar-refractivity contribution in [2.45, 2.75) is 12.4 Å². The molecule has 0 saturated carbocycles. The van der Waals surface area contributed by atoms with Crippen molar-refractivity contribution in [3.05, 3.63) is 10.1 Å². The molecule has 0 fully saturated rings. The van der Waals surface area contributed by atoms with Gasteiger partial charge in [-0.25, -0.2) is 4.79 Å². The first-order valence-corrected chi connectivity index (χ1v) is 2.97. The quantitative estimate of drug-likeness (QED) is 0.201. The minimum Gasteiger partial charge on any atom is -0.460 e. The SMILES string of the molecule is CCOC(=O)C(Cl)[N+](=O)[O-]. The average molecular weight is 168 g/mol. The van der Waals surface area contributed by atoms with Crippen LogP contribution in [0.4, 0.5) is 0 Å². The summed E-state index contributed by atoms with van der Waals surface area (Å²) in [6.07, 6.45) is 0. The van der Waals surface area contributed by atoms with Crippen LogP contribution in [0.5, 0.6) is 0 Å². The maximum atomic E-state index is 10.4. The number of carbonyl (C=O) groups excluding carboxylic acids is 1. The summed E-state index contributed by atoms with van der Waals surface area (Å²) in [6.45, 7) is 1.64. The van der Waals surface area contributed by atoms with E-state index >= 15 is 0 Å². The molecular formula is C4H6ClNO4. The van der Waals surface area contributed by atoms with Gasteiger partial charge in [-0.2, -0.15) is 0 Å². The lowest BCUT2D eigenvalue weighted by Gasteiger charge is -1.99. The second-order valence-corrected chi connectivity index (χ2v) is 1.79. The van der Waals surface area contributed by atoms with Crippen LogP contribution in [0.3, 0.4) is 0 Å². The summed E-state index contributed by atoms with van der Waals surface area (Å²) in [7, 11) is 0. The number of alkyl halides is 1. The molecule has 0 aliphatic heterocycles. The third kappa shape index (κ3) is 2.63. The standard InChI is InChI=1S/C4H6ClNO4/c1-2-10-4(7)3(5)6(8)9/h3H,2H2,1H3. The highest BCUT2D eigenvalue weighted by Crippen LogP contribution is 1.98. The second kappa shape index (κ2) is 4.05. The number of hydrogen-bond acceptors (Lipinski definition) is 4. The van der Waals surface area contributed by atoms with Crippen molar-refractivity contribution >= 4 is 17.6 Å². The number of carbonyl (C=O) groups is 1. The molecule has 0 heterocycles. The van der Waals surface area contributed by atoms with Crippen molar-refractivity contribution in [3.8, 4) is 0 Å². The number of esters is 1. The van der Waals surface area contributed by atoms with Crippen molar-refractivity contribution < 1.29 is 14.5 Å². The Hall–Kier alpha value is -0.840. The van der Waals surface area contributed by atoms with Crippen LogP contribution in [0.2, 0.25) is 0 Å². The lowest BCUT2D eigenvalue weighted by Crippen LogP contribution is -2.25. The monoisotopic (exact) mass is 167 g/mol. The largest absolute Gasteiger partial charge is 0.460 e.